The summed E-state index contributed by atoms with van der Waals surface area (Å²) in [6, 6.07) is 0.131. The fraction of sp³-hybridized carbons (Fsp3) is 0.875. The lowest BCUT2D eigenvalue weighted by molar-refractivity contribution is -0.0999. The van der Waals surface area contributed by atoms with Crippen LogP contribution in [-0.4, -0.2) is 40.4 Å². The number of aromatic amines is 1. The number of tetrazole rings is 1. The molecule has 1 aromatic rings. The van der Waals surface area contributed by atoms with Gasteiger partial charge in [-0.25, -0.2) is 0 Å². The molecule has 1 fully saturated rings. The van der Waals surface area contributed by atoms with Gasteiger partial charge in [0.2, 0.25) is 0 Å². The van der Waals surface area contributed by atoms with Gasteiger partial charge in [0.15, 0.2) is 5.82 Å². The number of H-pyrrole nitrogens is 1. The summed E-state index contributed by atoms with van der Waals surface area (Å²) in [5.74, 6) is 0.703. The monoisotopic (exact) mass is 197 g/mol. The van der Waals surface area contributed by atoms with Crippen molar-refractivity contribution in [1.82, 2.24) is 25.9 Å². The van der Waals surface area contributed by atoms with Crippen LogP contribution in [0, 0.1) is 5.41 Å². The minimum absolute atomic E-state index is 0.131. The molecule has 0 bridgehead atoms. The van der Waals surface area contributed by atoms with E-state index < -0.39 is 0 Å². The molecule has 1 atom stereocenters. The fourth-order valence-corrected chi connectivity index (χ4v) is 1.40. The molecule has 1 aliphatic heterocycles. The molecule has 2 rings (SSSR count). The lowest BCUT2D eigenvalue weighted by Gasteiger charge is -2.38. The maximum atomic E-state index is 5.17. The van der Waals surface area contributed by atoms with Crippen molar-refractivity contribution in [1.29, 1.82) is 0 Å². The second-order valence-electron chi connectivity index (χ2n) is 4.18. The standard InChI is InChI=1S/C8H15N5O/c1-6(7-10-12-13-11-7)9-3-8(2)4-14-5-8/h6,9H,3-5H2,1-2H3,(H,10,11,12,13). The first kappa shape index (κ1) is 9.54. The third-order valence-corrected chi connectivity index (χ3v) is 2.49. The summed E-state index contributed by atoms with van der Waals surface area (Å²) in [4.78, 5) is 0. The quantitative estimate of drug-likeness (QED) is 0.704. The number of aromatic nitrogens is 4. The molecule has 1 saturated heterocycles. The smallest absolute Gasteiger partial charge is 0.191 e. The van der Waals surface area contributed by atoms with Crippen LogP contribution in [0.4, 0.5) is 0 Å². The Morgan fingerprint density at radius 2 is 2.43 bits per heavy atom. The van der Waals surface area contributed by atoms with E-state index in [0.717, 1.165) is 19.8 Å². The van der Waals surface area contributed by atoms with E-state index in [1.165, 1.54) is 0 Å². The average molecular weight is 197 g/mol. The molecular weight excluding hydrogens is 182 g/mol. The summed E-state index contributed by atoms with van der Waals surface area (Å²) in [6.07, 6.45) is 0. The first-order chi connectivity index (χ1) is 6.70. The summed E-state index contributed by atoms with van der Waals surface area (Å²) >= 11 is 0. The van der Waals surface area contributed by atoms with E-state index in [-0.39, 0.29) is 11.5 Å². The Bertz CT molecular complexity index is 282. The van der Waals surface area contributed by atoms with Crippen LogP contribution in [0.3, 0.4) is 0 Å². The highest BCUT2D eigenvalue weighted by atomic mass is 16.5. The van der Waals surface area contributed by atoms with Crippen molar-refractivity contribution in [2.45, 2.75) is 19.9 Å². The molecule has 0 saturated carbocycles. The van der Waals surface area contributed by atoms with Crippen molar-refractivity contribution in [3.8, 4) is 0 Å². The van der Waals surface area contributed by atoms with Gasteiger partial charge >= 0.3 is 0 Å². The van der Waals surface area contributed by atoms with E-state index in [4.69, 9.17) is 4.74 Å². The van der Waals surface area contributed by atoms with Gasteiger partial charge in [0.1, 0.15) is 0 Å². The highest BCUT2D eigenvalue weighted by Crippen LogP contribution is 2.25. The average Bonchev–Trinajstić information content (AvgIpc) is 2.63. The molecule has 78 valence electrons. The van der Waals surface area contributed by atoms with Gasteiger partial charge in [0.05, 0.1) is 19.3 Å². The lowest BCUT2D eigenvalue weighted by Crippen LogP contribution is -2.47. The third kappa shape index (κ3) is 1.91. The third-order valence-electron chi connectivity index (χ3n) is 2.49. The number of nitrogens with one attached hydrogen (secondary N) is 2. The van der Waals surface area contributed by atoms with Crippen LogP contribution >= 0.6 is 0 Å². The Hall–Kier alpha value is -1.01. The Morgan fingerprint density at radius 3 is 2.93 bits per heavy atom. The number of rotatable bonds is 4. The maximum Gasteiger partial charge on any atom is 0.191 e. The van der Waals surface area contributed by atoms with Gasteiger partial charge in [-0.2, -0.15) is 5.21 Å². The Balaban J connectivity index is 1.80. The van der Waals surface area contributed by atoms with Crippen LogP contribution in [0.5, 0.6) is 0 Å². The van der Waals surface area contributed by atoms with Crippen LogP contribution in [-0.2, 0) is 4.74 Å². The van der Waals surface area contributed by atoms with Crippen molar-refractivity contribution in [3.05, 3.63) is 5.82 Å². The highest BCUT2D eigenvalue weighted by Gasteiger charge is 2.33. The first-order valence-corrected chi connectivity index (χ1v) is 4.74. The zero-order valence-electron chi connectivity index (χ0n) is 8.45. The summed E-state index contributed by atoms with van der Waals surface area (Å²) in [6.45, 7) is 6.81. The van der Waals surface area contributed by atoms with E-state index in [1.54, 1.807) is 0 Å². The minimum Gasteiger partial charge on any atom is -0.380 e. The van der Waals surface area contributed by atoms with E-state index in [9.17, 15) is 0 Å². The topological polar surface area (TPSA) is 75.7 Å². The van der Waals surface area contributed by atoms with E-state index in [2.05, 4.69) is 32.9 Å². The highest BCUT2D eigenvalue weighted by molar-refractivity contribution is 4.89. The molecule has 1 unspecified atom stereocenters. The van der Waals surface area contributed by atoms with Crippen LogP contribution in [0.15, 0.2) is 0 Å². The van der Waals surface area contributed by atoms with Gasteiger partial charge in [-0.05, 0) is 6.92 Å². The number of nitrogens with zero attached hydrogens (tertiary/aromatic N) is 3. The van der Waals surface area contributed by atoms with Crippen molar-refractivity contribution < 1.29 is 4.74 Å². The van der Waals surface area contributed by atoms with Gasteiger partial charge in [-0.1, -0.05) is 12.1 Å². The molecule has 0 aromatic carbocycles. The first-order valence-electron chi connectivity index (χ1n) is 4.74. The fourth-order valence-electron chi connectivity index (χ4n) is 1.40. The van der Waals surface area contributed by atoms with Gasteiger partial charge in [0.25, 0.3) is 0 Å². The van der Waals surface area contributed by atoms with Crippen LogP contribution < -0.4 is 5.32 Å². The van der Waals surface area contributed by atoms with Gasteiger partial charge in [-0.15, -0.1) is 10.2 Å². The zero-order valence-corrected chi connectivity index (χ0v) is 8.45. The SMILES string of the molecule is CC(NCC1(C)COC1)c1nn[nH]n1. The molecule has 2 heterocycles. The molecule has 0 aliphatic carbocycles. The summed E-state index contributed by atoms with van der Waals surface area (Å²) < 4.78 is 5.17. The van der Waals surface area contributed by atoms with Crippen LogP contribution in [0.25, 0.3) is 0 Å². The van der Waals surface area contributed by atoms with Crippen molar-refractivity contribution in [3.63, 3.8) is 0 Å². The molecule has 2 N–H and O–H groups in total. The predicted octanol–water partition coefficient (Wildman–Crippen LogP) is -0.113. The summed E-state index contributed by atoms with van der Waals surface area (Å²) in [5, 5.41) is 17.2. The molecule has 6 nitrogen and oxygen atoms in total. The molecule has 14 heavy (non-hydrogen) atoms. The summed E-state index contributed by atoms with van der Waals surface area (Å²) in [7, 11) is 0. The zero-order chi connectivity index (χ0) is 10.0. The maximum absolute atomic E-state index is 5.17. The second-order valence-corrected chi connectivity index (χ2v) is 4.18. The Morgan fingerprint density at radius 1 is 1.64 bits per heavy atom. The van der Waals surface area contributed by atoms with E-state index in [1.807, 2.05) is 6.92 Å². The minimum atomic E-state index is 0.131. The largest absolute Gasteiger partial charge is 0.380 e. The number of ether oxygens (including phenoxy) is 1. The Kier molecular flexibility index (Phi) is 2.47. The number of hydrogen-bond donors (Lipinski definition) is 2. The molecule has 1 aromatic heterocycles. The normalized spacial score (nSPS) is 21.6. The van der Waals surface area contributed by atoms with Gasteiger partial charge in [-0.3, -0.25) is 0 Å². The molecule has 0 spiro atoms. The Labute approximate surface area is 82.4 Å². The molecular formula is C8H15N5O. The van der Waals surface area contributed by atoms with Crippen LogP contribution in [0.2, 0.25) is 0 Å². The molecule has 1 aliphatic rings. The van der Waals surface area contributed by atoms with E-state index in [0.29, 0.717) is 5.82 Å². The summed E-state index contributed by atoms with van der Waals surface area (Å²) in [5.41, 5.74) is 0.276. The number of hydrogen-bond acceptors (Lipinski definition) is 5. The van der Waals surface area contributed by atoms with Crippen molar-refractivity contribution in [2.24, 2.45) is 5.41 Å². The van der Waals surface area contributed by atoms with Crippen LogP contribution in [0.1, 0.15) is 25.7 Å². The lowest BCUT2D eigenvalue weighted by atomic mass is 9.88. The molecule has 0 radical (unpaired) electrons. The van der Waals surface area contributed by atoms with Gasteiger partial charge < -0.3 is 10.1 Å². The molecule has 6 heteroatoms. The second kappa shape index (κ2) is 3.62. The molecule has 0 amide bonds. The predicted molar refractivity (Wildman–Crippen MR) is 49.5 cm³/mol. The van der Waals surface area contributed by atoms with Crippen molar-refractivity contribution >= 4 is 0 Å². The van der Waals surface area contributed by atoms with Crippen molar-refractivity contribution in [2.75, 3.05) is 19.8 Å². The van der Waals surface area contributed by atoms with Gasteiger partial charge in [0, 0.05) is 12.0 Å². The van der Waals surface area contributed by atoms with E-state index >= 15 is 0 Å².